The van der Waals surface area contributed by atoms with Crippen molar-refractivity contribution in [1.29, 1.82) is 0 Å². The highest BCUT2D eigenvalue weighted by molar-refractivity contribution is 6.31. The highest BCUT2D eigenvalue weighted by atomic mass is 35.5. The lowest BCUT2D eigenvalue weighted by Gasteiger charge is -2.12. The number of ether oxygens (including phenoxy) is 1. The van der Waals surface area contributed by atoms with Gasteiger partial charge in [0.05, 0.1) is 17.7 Å². The highest BCUT2D eigenvalue weighted by Gasteiger charge is 2.19. The molecule has 0 saturated heterocycles. The Kier molecular flexibility index (Phi) is 7.07. The number of amides is 1. The first-order valence-electron chi connectivity index (χ1n) is 9.54. The summed E-state index contributed by atoms with van der Waals surface area (Å²) >= 11 is 6.13. The number of nitrogens with zero attached hydrogens (tertiary/aromatic N) is 3. The summed E-state index contributed by atoms with van der Waals surface area (Å²) in [5.74, 6) is -0.299. The Morgan fingerprint density at radius 2 is 1.69 bits per heavy atom. The number of carbonyl (C=O) groups is 1. The Morgan fingerprint density at radius 3 is 2.28 bits per heavy atom. The third-order valence-electron chi connectivity index (χ3n) is 4.66. The number of anilines is 1. The number of halogens is 1. The van der Waals surface area contributed by atoms with Crippen LogP contribution in [0, 0.1) is 10.1 Å². The molecule has 9 heteroatoms. The van der Waals surface area contributed by atoms with Gasteiger partial charge >= 0.3 is 5.69 Å². The van der Waals surface area contributed by atoms with Gasteiger partial charge in [0, 0.05) is 47.6 Å². The summed E-state index contributed by atoms with van der Waals surface area (Å²) in [6.07, 6.45) is 0. The van der Waals surface area contributed by atoms with Gasteiger partial charge in [0.25, 0.3) is 5.91 Å². The third-order valence-corrected chi connectivity index (χ3v) is 4.90. The molecule has 0 atom stereocenters. The topological polar surface area (TPSA) is 97.1 Å². The van der Waals surface area contributed by atoms with E-state index in [0.29, 0.717) is 27.4 Å². The summed E-state index contributed by atoms with van der Waals surface area (Å²) in [7, 11) is 5.17. The molecule has 3 aromatic rings. The number of hydrazone groups is 1. The van der Waals surface area contributed by atoms with E-state index < -0.39 is 10.8 Å². The first-order chi connectivity index (χ1) is 15.3. The van der Waals surface area contributed by atoms with E-state index in [9.17, 15) is 14.9 Å². The molecule has 8 nitrogen and oxygen atoms in total. The maximum atomic E-state index is 12.6. The van der Waals surface area contributed by atoms with Crippen molar-refractivity contribution in [3.05, 3.63) is 98.6 Å². The van der Waals surface area contributed by atoms with Gasteiger partial charge in [-0.1, -0.05) is 23.7 Å². The molecule has 1 N–H and O–H groups in total. The van der Waals surface area contributed by atoms with Crippen molar-refractivity contribution in [3.63, 3.8) is 0 Å². The summed E-state index contributed by atoms with van der Waals surface area (Å²) < 4.78 is 5.07. The van der Waals surface area contributed by atoms with Crippen LogP contribution in [0.1, 0.15) is 21.5 Å². The molecule has 0 unspecified atom stereocenters. The zero-order chi connectivity index (χ0) is 23.3. The SMILES string of the molecule is COc1ccc(/C(=N\NC(=O)c2ccc(N(C)C)cc2)c2cccc(Cl)c2)cc1[N+](=O)[O-]. The second-order valence-electron chi connectivity index (χ2n) is 7.00. The van der Waals surface area contributed by atoms with Gasteiger partial charge in [-0.05, 0) is 48.5 Å². The van der Waals surface area contributed by atoms with Gasteiger partial charge in [0.15, 0.2) is 5.75 Å². The van der Waals surface area contributed by atoms with Gasteiger partial charge in [-0.2, -0.15) is 5.10 Å². The second-order valence-corrected chi connectivity index (χ2v) is 7.43. The van der Waals surface area contributed by atoms with Crippen LogP contribution in [0.15, 0.2) is 71.8 Å². The maximum Gasteiger partial charge on any atom is 0.311 e. The summed E-state index contributed by atoms with van der Waals surface area (Å²) in [6, 6.07) is 18.3. The summed E-state index contributed by atoms with van der Waals surface area (Å²) in [5, 5.41) is 16.2. The van der Waals surface area contributed by atoms with E-state index in [1.165, 1.54) is 19.2 Å². The van der Waals surface area contributed by atoms with Gasteiger partial charge in [0.1, 0.15) is 0 Å². The molecular formula is C23H21ClN4O4. The molecule has 32 heavy (non-hydrogen) atoms. The van der Waals surface area contributed by atoms with Crippen LogP contribution in [-0.4, -0.2) is 37.7 Å². The summed E-state index contributed by atoms with van der Waals surface area (Å²) in [5.41, 5.74) is 5.01. The first-order valence-corrected chi connectivity index (χ1v) is 9.92. The van der Waals surface area contributed by atoms with Crippen molar-refractivity contribution in [1.82, 2.24) is 5.43 Å². The number of carbonyl (C=O) groups excluding carboxylic acids is 1. The lowest BCUT2D eigenvalue weighted by molar-refractivity contribution is -0.385. The molecule has 0 aliphatic carbocycles. The average Bonchev–Trinajstić information content (AvgIpc) is 2.79. The van der Waals surface area contributed by atoms with Crippen LogP contribution in [0.4, 0.5) is 11.4 Å². The van der Waals surface area contributed by atoms with Crippen molar-refractivity contribution < 1.29 is 14.5 Å². The molecule has 0 heterocycles. The largest absolute Gasteiger partial charge is 0.490 e. The molecule has 0 bridgehead atoms. The lowest BCUT2D eigenvalue weighted by Crippen LogP contribution is -2.21. The van der Waals surface area contributed by atoms with E-state index in [2.05, 4.69) is 10.5 Å². The quantitative estimate of drug-likeness (QED) is 0.323. The monoisotopic (exact) mass is 452 g/mol. The molecule has 0 radical (unpaired) electrons. The number of nitro groups is 1. The van der Waals surface area contributed by atoms with Crippen LogP contribution in [0.2, 0.25) is 5.02 Å². The normalized spacial score (nSPS) is 11.1. The minimum atomic E-state index is -0.539. The van der Waals surface area contributed by atoms with Crippen molar-refractivity contribution in [2.24, 2.45) is 5.10 Å². The molecule has 0 saturated carbocycles. The Bertz CT molecular complexity index is 1180. The number of hydrogen-bond donors (Lipinski definition) is 1. The van der Waals surface area contributed by atoms with Gasteiger partial charge in [-0.25, -0.2) is 5.43 Å². The molecule has 0 aliphatic heterocycles. The molecule has 1 amide bonds. The summed E-state index contributed by atoms with van der Waals surface area (Å²) in [4.78, 5) is 25.5. The maximum absolute atomic E-state index is 12.6. The zero-order valence-electron chi connectivity index (χ0n) is 17.7. The van der Waals surface area contributed by atoms with E-state index in [1.807, 2.05) is 31.1 Å². The number of nitro benzene ring substituents is 1. The molecule has 0 spiro atoms. The minimum absolute atomic E-state index is 0.120. The van der Waals surface area contributed by atoms with Crippen molar-refractivity contribution >= 4 is 34.6 Å². The molecule has 0 aliphatic rings. The fourth-order valence-electron chi connectivity index (χ4n) is 2.99. The van der Waals surface area contributed by atoms with Gasteiger partial charge in [-0.3, -0.25) is 14.9 Å². The molecular weight excluding hydrogens is 432 g/mol. The van der Waals surface area contributed by atoms with Gasteiger partial charge in [0.2, 0.25) is 0 Å². The lowest BCUT2D eigenvalue weighted by atomic mass is 10.0. The van der Waals surface area contributed by atoms with Crippen LogP contribution in [0.3, 0.4) is 0 Å². The van der Waals surface area contributed by atoms with Crippen molar-refractivity contribution in [2.75, 3.05) is 26.1 Å². The minimum Gasteiger partial charge on any atom is -0.490 e. The number of benzene rings is 3. The van der Waals surface area contributed by atoms with E-state index in [-0.39, 0.29) is 11.4 Å². The molecule has 3 rings (SSSR count). The van der Waals surface area contributed by atoms with Crippen LogP contribution in [-0.2, 0) is 0 Å². The predicted molar refractivity (Wildman–Crippen MR) is 125 cm³/mol. The van der Waals surface area contributed by atoms with Crippen LogP contribution >= 0.6 is 11.6 Å². The Balaban J connectivity index is 2.00. The van der Waals surface area contributed by atoms with Crippen LogP contribution < -0.4 is 15.1 Å². The van der Waals surface area contributed by atoms with E-state index in [0.717, 1.165) is 5.69 Å². The molecule has 0 aromatic heterocycles. The number of methoxy groups -OCH3 is 1. The number of hydrogen-bond acceptors (Lipinski definition) is 6. The van der Waals surface area contributed by atoms with E-state index in [4.69, 9.17) is 16.3 Å². The summed E-state index contributed by atoms with van der Waals surface area (Å²) in [6.45, 7) is 0. The highest BCUT2D eigenvalue weighted by Crippen LogP contribution is 2.29. The van der Waals surface area contributed by atoms with Gasteiger partial charge in [-0.15, -0.1) is 0 Å². The fraction of sp³-hybridized carbons (Fsp3) is 0.130. The molecule has 3 aromatic carbocycles. The standard InChI is InChI=1S/C23H21ClN4O4/c1-27(2)19-10-7-15(8-11-19)23(29)26-25-22(16-5-4-6-18(24)13-16)17-9-12-21(32-3)20(14-17)28(30)31/h4-14H,1-3H3,(H,26,29)/b25-22-. The van der Waals surface area contributed by atoms with Gasteiger partial charge < -0.3 is 9.64 Å². The number of rotatable bonds is 7. The van der Waals surface area contributed by atoms with Crippen molar-refractivity contribution in [2.45, 2.75) is 0 Å². The Labute approximate surface area is 190 Å². The van der Waals surface area contributed by atoms with Crippen LogP contribution in [0.25, 0.3) is 0 Å². The Morgan fingerprint density at radius 1 is 1.03 bits per heavy atom. The van der Waals surface area contributed by atoms with Crippen LogP contribution in [0.5, 0.6) is 5.75 Å². The average molecular weight is 453 g/mol. The van der Waals surface area contributed by atoms with E-state index >= 15 is 0 Å². The van der Waals surface area contributed by atoms with Crippen molar-refractivity contribution in [3.8, 4) is 5.75 Å². The Hall–Kier alpha value is -3.91. The smallest absolute Gasteiger partial charge is 0.311 e. The number of nitrogens with one attached hydrogen (secondary N) is 1. The fourth-order valence-corrected chi connectivity index (χ4v) is 3.18. The zero-order valence-corrected chi connectivity index (χ0v) is 18.5. The second kappa shape index (κ2) is 9.93. The molecule has 164 valence electrons. The molecule has 0 fully saturated rings. The van der Waals surface area contributed by atoms with E-state index in [1.54, 1.807) is 42.5 Å². The third kappa shape index (κ3) is 5.22. The predicted octanol–water partition coefficient (Wildman–Crippen LogP) is 4.51. The first kappa shape index (κ1) is 22.8.